The number of esters is 1. The molecule has 1 amide bonds. The number of fused-ring (bicyclic) bond motifs is 1. The standard InChI is InChI=1S/C16H13N3O4S/c1-19-15(21)10-6-4-3-5-9(10)13(18-19)14(20)17-12-8-7-11(24-12)16(22)23-2/h3-8H,1-2H3,(H,17,20). The van der Waals surface area contributed by atoms with Gasteiger partial charge in [0.05, 0.1) is 17.5 Å². The van der Waals surface area contributed by atoms with Crippen LogP contribution in [0, 0.1) is 0 Å². The molecular formula is C16H13N3O4S. The molecule has 0 unspecified atom stereocenters. The highest BCUT2D eigenvalue weighted by molar-refractivity contribution is 7.18. The van der Waals surface area contributed by atoms with E-state index in [-0.39, 0.29) is 11.3 Å². The molecule has 0 saturated heterocycles. The van der Waals surface area contributed by atoms with Gasteiger partial charge in [0.25, 0.3) is 11.5 Å². The van der Waals surface area contributed by atoms with E-state index in [0.717, 1.165) is 16.0 Å². The molecule has 2 aromatic heterocycles. The smallest absolute Gasteiger partial charge is 0.348 e. The Balaban J connectivity index is 1.98. The summed E-state index contributed by atoms with van der Waals surface area (Å²) in [5, 5.41) is 8.13. The van der Waals surface area contributed by atoms with Crippen molar-refractivity contribution in [2.45, 2.75) is 0 Å². The van der Waals surface area contributed by atoms with Gasteiger partial charge in [0.15, 0.2) is 5.69 Å². The van der Waals surface area contributed by atoms with Crippen LogP contribution in [0.4, 0.5) is 5.00 Å². The van der Waals surface area contributed by atoms with Crippen LogP contribution in [0.5, 0.6) is 0 Å². The number of amides is 1. The van der Waals surface area contributed by atoms with Crippen molar-refractivity contribution in [2.75, 3.05) is 12.4 Å². The minimum Gasteiger partial charge on any atom is -0.465 e. The lowest BCUT2D eigenvalue weighted by Gasteiger charge is -2.07. The third kappa shape index (κ3) is 2.79. The predicted octanol–water partition coefficient (Wildman–Crippen LogP) is 2.03. The summed E-state index contributed by atoms with van der Waals surface area (Å²) >= 11 is 1.10. The van der Waals surface area contributed by atoms with Gasteiger partial charge in [-0.2, -0.15) is 5.10 Å². The van der Waals surface area contributed by atoms with Crippen LogP contribution in [0.2, 0.25) is 0 Å². The first kappa shape index (κ1) is 15.9. The first-order valence-electron chi connectivity index (χ1n) is 6.97. The quantitative estimate of drug-likeness (QED) is 0.735. The highest BCUT2D eigenvalue weighted by Gasteiger charge is 2.17. The molecule has 0 aliphatic carbocycles. The Bertz CT molecular complexity index is 1010. The zero-order chi connectivity index (χ0) is 17.3. The first-order chi connectivity index (χ1) is 11.5. The number of carbonyl (C=O) groups excluding carboxylic acids is 2. The van der Waals surface area contributed by atoms with Crippen LogP contribution >= 0.6 is 11.3 Å². The number of methoxy groups -OCH3 is 1. The molecule has 0 aliphatic rings. The molecule has 7 nitrogen and oxygen atoms in total. The van der Waals surface area contributed by atoms with Gasteiger partial charge in [-0.15, -0.1) is 11.3 Å². The third-order valence-corrected chi connectivity index (χ3v) is 4.38. The van der Waals surface area contributed by atoms with Gasteiger partial charge in [-0.3, -0.25) is 9.59 Å². The molecule has 3 rings (SSSR count). The number of aromatic nitrogens is 2. The van der Waals surface area contributed by atoms with Gasteiger partial charge in [0, 0.05) is 12.4 Å². The molecule has 0 fully saturated rings. The topological polar surface area (TPSA) is 90.3 Å². The second kappa shape index (κ2) is 6.25. The lowest BCUT2D eigenvalue weighted by molar-refractivity contribution is 0.0606. The van der Waals surface area contributed by atoms with E-state index in [1.165, 1.54) is 14.2 Å². The van der Waals surface area contributed by atoms with E-state index in [1.807, 2.05) is 0 Å². The van der Waals surface area contributed by atoms with Crippen molar-refractivity contribution in [3.8, 4) is 0 Å². The van der Waals surface area contributed by atoms with Crippen LogP contribution in [0.25, 0.3) is 10.8 Å². The summed E-state index contributed by atoms with van der Waals surface area (Å²) in [6, 6.07) is 9.97. The summed E-state index contributed by atoms with van der Waals surface area (Å²) in [4.78, 5) is 36.5. The maximum Gasteiger partial charge on any atom is 0.348 e. The summed E-state index contributed by atoms with van der Waals surface area (Å²) in [6.07, 6.45) is 0. The molecule has 3 aromatic rings. The molecule has 0 aliphatic heterocycles. The molecule has 8 heteroatoms. The number of ether oxygens (including phenoxy) is 1. The number of carbonyl (C=O) groups is 2. The summed E-state index contributed by atoms with van der Waals surface area (Å²) in [6.45, 7) is 0. The lowest BCUT2D eigenvalue weighted by atomic mass is 10.1. The van der Waals surface area contributed by atoms with Crippen LogP contribution in [-0.2, 0) is 11.8 Å². The lowest BCUT2D eigenvalue weighted by Crippen LogP contribution is -2.25. The van der Waals surface area contributed by atoms with Crippen molar-refractivity contribution in [3.05, 3.63) is 57.3 Å². The predicted molar refractivity (Wildman–Crippen MR) is 90.6 cm³/mol. The molecule has 2 heterocycles. The Morgan fingerprint density at radius 3 is 2.58 bits per heavy atom. The first-order valence-corrected chi connectivity index (χ1v) is 7.78. The fourth-order valence-electron chi connectivity index (χ4n) is 2.25. The normalized spacial score (nSPS) is 10.6. The van der Waals surface area contributed by atoms with Crippen molar-refractivity contribution in [1.82, 2.24) is 9.78 Å². The Hall–Kier alpha value is -3.00. The Kier molecular flexibility index (Phi) is 4.13. The average Bonchev–Trinajstić information content (AvgIpc) is 3.05. The molecule has 0 radical (unpaired) electrons. The summed E-state index contributed by atoms with van der Waals surface area (Å²) in [5.74, 6) is -0.925. The van der Waals surface area contributed by atoms with Crippen LogP contribution in [0.15, 0.2) is 41.2 Å². The number of nitrogens with one attached hydrogen (secondary N) is 1. The van der Waals surface area contributed by atoms with E-state index < -0.39 is 11.9 Å². The second-order valence-corrected chi connectivity index (χ2v) is 6.02. The van der Waals surface area contributed by atoms with Crippen molar-refractivity contribution in [2.24, 2.45) is 7.05 Å². The van der Waals surface area contributed by atoms with Gasteiger partial charge in [0.1, 0.15) is 4.88 Å². The van der Waals surface area contributed by atoms with Gasteiger partial charge in [0.2, 0.25) is 0 Å². The van der Waals surface area contributed by atoms with E-state index >= 15 is 0 Å². The molecule has 0 spiro atoms. The molecule has 0 bridgehead atoms. The van der Waals surface area contributed by atoms with E-state index in [4.69, 9.17) is 0 Å². The van der Waals surface area contributed by atoms with Gasteiger partial charge in [-0.25, -0.2) is 9.48 Å². The van der Waals surface area contributed by atoms with E-state index in [2.05, 4.69) is 15.2 Å². The number of hydrogen-bond acceptors (Lipinski definition) is 6. The Morgan fingerprint density at radius 2 is 1.88 bits per heavy atom. The number of nitrogens with zero attached hydrogens (tertiary/aromatic N) is 2. The van der Waals surface area contributed by atoms with Crippen molar-refractivity contribution in [3.63, 3.8) is 0 Å². The van der Waals surface area contributed by atoms with Crippen molar-refractivity contribution in [1.29, 1.82) is 0 Å². The highest BCUT2D eigenvalue weighted by Crippen LogP contribution is 2.23. The second-order valence-electron chi connectivity index (χ2n) is 4.93. The summed E-state index contributed by atoms with van der Waals surface area (Å²) < 4.78 is 5.76. The zero-order valence-corrected chi connectivity index (χ0v) is 13.7. The van der Waals surface area contributed by atoms with Gasteiger partial charge >= 0.3 is 5.97 Å². The van der Waals surface area contributed by atoms with Crippen molar-refractivity contribution >= 4 is 39.0 Å². The van der Waals surface area contributed by atoms with Crippen LogP contribution < -0.4 is 10.9 Å². The fourth-order valence-corrected chi connectivity index (χ4v) is 3.07. The van der Waals surface area contributed by atoms with Gasteiger partial charge < -0.3 is 10.1 Å². The molecule has 122 valence electrons. The molecule has 1 N–H and O–H groups in total. The minimum absolute atomic E-state index is 0.140. The highest BCUT2D eigenvalue weighted by atomic mass is 32.1. The molecule has 1 aromatic carbocycles. The average molecular weight is 343 g/mol. The van der Waals surface area contributed by atoms with Gasteiger partial charge in [-0.1, -0.05) is 18.2 Å². The number of benzene rings is 1. The Labute approximate surface area is 140 Å². The van der Waals surface area contributed by atoms with Gasteiger partial charge in [-0.05, 0) is 18.2 Å². The number of thiophene rings is 1. The fraction of sp³-hybridized carbons (Fsp3) is 0.125. The minimum atomic E-state index is -0.466. The van der Waals surface area contributed by atoms with E-state index in [9.17, 15) is 14.4 Å². The molecular weight excluding hydrogens is 330 g/mol. The monoisotopic (exact) mass is 343 g/mol. The third-order valence-electron chi connectivity index (χ3n) is 3.40. The zero-order valence-electron chi connectivity index (χ0n) is 12.9. The number of aryl methyl sites for hydroxylation is 1. The summed E-state index contributed by atoms with van der Waals surface area (Å²) in [7, 11) is 2.78. The van der Waals surface area contributed by atoms with Crippen molar-refractivity contribution < 1.29 is 14.3 Å². The maximum absolute atomic E-state index is 12.5. The molecule has 0 saturated carbocycles. The number of rotatable bonds is 3. The van der Waals surface area contributed by atoms with Crippen LogP contribution in [0.1, 0.15) is 20.2 Å². The Morgan fingerprint density at radius 1 is 1.17 bits per heavy atom. The molecule has 24 heavy (non-hydrogen) atoms. The molecule has 0 atom stereocenters. The van der Waals surface area contributed by atoms with E-state index in [0.29, 0.717) is 20.7 Å². The maximum atomic E-state index is 12.5. The summed E-state index contributed by atoms with van der Waals surface area (Å²) in [5.41, 5.74) is -0.132. The number of hydrogen-bond donors (Lipinski definition) is 1. The van der Waals surface area contributed by atoms with Crippen LogP contribution in [0.3, 0.4) is 0 Å². The largest absolute Gasteiger partial charge is 0.465 e. The van der Waals surface area contributed by atoms with E-state index in [1.54, 1.807) is 36.4 Å². The number of anilines is 1. The SMILES string of the molecule is COC(=O)c1ccc(NC(=O)c2nn(C)c(=O)c3ccccc23)s1. The van der Waals surface area contributed by atoms with Crippen LogP contribution in [-0.4, -0.2) is 28.8 Å².